The second-order valence-electron chi connectivity index (χ2n) is 6.19. The molecule has 0 bridgehead atoms. The number of carbonyl (C=O) groups excluding carboxylic acids is 1. The number of benzene rings is 1. The van der Waals surface area contributed by atoms with Crippen LogP contribution in [0, 0.1) is 0 Å². The molecule has 24 heavy (non-hydrogen) atoms. The van der Waals surface area contributed by atoms with Crippen LogP contribution in [0.3, 0.4) is 0 Å². The van der Waals surface area contributed by atoms with Gasteiger partial charge < -0.3 is 14.2 Å². The van der Waals surface area contributed by atoms with Gasteiger partial charge in [0, 0.05) is 37.1 Å². The molecule has 1 aliphatic rings. The molecule has 5 heteroatoms. The van der Waals surface area contributed by atoms with E-state index in [9.17, 15) is 4.79 Å². The second-order valence-corrected chi connectivity index (χ2v) is 6.19. The number of imidazole rings is 1. The molecule has 1 aromatic heterocycles. The molecular weight excluding hydrogens is 302 g/mol. The molecule has 0 saturated carbocycles. The SMILES string of the molecule is CCOc1ccc(C(=O)N2CCCC[C@@H]2CCn2ccnc2)cc1. The molecule has 1 aliphatic heterocycles. The highest BCUT2D eigenvalue weighted by Crippen LogP contribution is 2.23. The first-order valence-corrected chi connectivity index (χ1v) is 8.77. The zero-order chi connectivity index (χ0) is 16.8. The first kappa shape index (κ1) is 16.6. The molecule has 5 nitrogen and oxygen atoms in total. The fraction of sp³-hybridized carbons (Fsp3) is 0.474. The highest BCUT2D eigenvalue weighted by molar-refractivity contribution is 5.94. The van der Waals surface area contributed by atoms with Crippen molar-refractivity contribution in [3.8, 4) is 5.75 Å². The highest BCUT2D eigenvalue weighted by Gasteiger charge is 2.27. The van der Waals surface area contributed by atoms with Crippen LogP contribution in [0.1, 0.15) is 43.0 Å². The van der Waals surface area contributed by atoms with E-state index in [0.29, 0.717) is 12.6 Å². The van der Waals surface area contributed by atoms with Crippen molar-refractivity contribution in [1.29, 1.82) is 0 Å². The summed E-state index contributed by atoms with van der Waals surface area (Å²) in [5.41, 5.74) is 0.744. The lowest BCUT2D eigenvalue weighted by Gasteiger charge is -2.36. The van der Waals surface area contributed by atoms with Gasteiger partial charge in [-0.3, -0.25) is 4.79 Å². The molecule has 0 N–H and O–H groups in total. The van der Waals surface area contributed by atoms with Gasteiger partial charge in [0.15, 0.2) is 0 Å². The number of carbonyl (C=O) groups is 1. The van der Waals surface area contributed by atoms with Gasteiger partial charge in [0.2, 0.25) is 0 Å². The second kappa shape index (κ2) is 7.99. The van der Waals surface area contributed by atoms with Crippen LogP contribution in [-0.2, 0) is 6.54 Å². The summed E-state index contributed by atoms with van der Waals surface area (Å²) < 4.78 is 7.53. The third-order valence-corrected chi connectivity index (χ3v) is 4.58. The van der Waals surface area contributed by atoms with Gasteiger partial charge in [0.1, 0.15) is 5.75 Å². The summed E-state index contributed by atoms with van der Waals surface area (Å²) in [6.07, 6.45) is 9.94. The van der Waals surface area contributed by atoms with Crippen molar-refractivity contribution >= 4 is 5.91 Å². The first-order valence-electron chi connectivity index (χ1n) is 8.77. The van der Waals surface area contributed by atoms with Crippen molar-refractivity contribution in [1.82, 2.24) is 14.5 Å². The summed E-state index contributed by atoms with van der Waals surface area (Å²) in [4.78, 5) is 19.0. The number of ether oxygens (including phenoxy) is 1. The largest absolute Gasteiger partial charge is 0.494 e. The number of rotatable bonds is 6. The standard InChI is InChI=1S/C19H25N3O2/c1-2-24-18-8-6-16(7-9-18)19(23)22-12-4-3-5-17(22)10-13-21-14-11-20-15-21/h6-9,11,14-15,17H,2-5,10,12-13H2,1H3/t17-/m1/s1. The number of aryl methyl sites for hydroxylation is 1. The van der Waals surface area contributed by atoms with Crippen molar-refractivity contribution in [3.63, 3.8) is 0 Å². The van der Waals surface area contributed by atoms with E-state index < -0.39 is 0 Å². The number of aromatic nitrogens is 2. The average Bonchev–Trinajstić information content (AvgIpc) is 3.14. The minimum atomic E-state index is 0.133. The van der Waals surface area contributed by atoms with E-state index in [-0.39, 0.29) is 5.91 Å². The monoisotopic (exact) mass is 327 g/mol. The number of likely N-dealkylation sites (tertiary alicyclic amines) is 1. The van der Waals surface area contributed by atoms with Crippen molar-refractivity contribution in [2.24, 2.45) is 0 Å². The van der Waals surface area contributed by atoms with Crippen LogP contribution >= 0.6 is 0 Å². The van der Waals surface area contributed by atoms with Gasteiger partial charge in [0.05, 0.1) is 12.9 Å². The molecule has 0 unspecified atom stereocenters. The Morgan fingerprint density at radius 2 is 2.12 bits per heavy atom. The molecule has 3 rings (SSSR count). The summed E-state index contributed by atoms with van der Waals surface area (Å²) in [5.74, 6) is 0.942. The van der Waals surface area contributed by atoms with Gasteiger partial charge in [-0.25, -0.2) is 4.98 Å². The molecule has 1 aromatic carbocycles. The Labute approximate surface area is 143 Å². The fourth-order valence-electron chi connectivity index (χ4n) is 3.31. The van der Waals surface area contributed by atoms with E-state index in [4.69, 9.17) is 4.74 Å². The van der Waals surface area contributed by atoms with Crippen LogP contribution in [0.2, 0.25) is 0 Å². The average molecular weight is 327 g/mol. The van der Waals surface area contributed by atoms with Gasteiger partial charge >= 0.3 is 0 Å². The minimum absolute atomic E-state index is 0.133. The van der Waals surface area contributed by atoms with E-state index in [1.807, 2.05) is 43.7 Å². The summed E-state index contributed by atoms with van der Waals surface area (Å²) in [7, 11) is 0. The van der Waals surface area contributed by atoms with Gasteiger partial charge in [0.25, 0.3) is 5.91 Å². The molecule has 1 fully saturated rings. The lowest BCUT2D eigenvalue weighted by atomic mass is 9.98. The van der Waals surface area contributed by atoms with Crippen molar-refractivity contribution in [2.45, 2.75) is 45.2 Å². The van der Waals surface area contributed by atoms with Crippen LogP contribution in [-0.4, -0.2) is 39.6 Å². The van der Waals surface area contributed by atoms with Crippen LogP contribution in [0.5, 0.6) is 5.75 Å². The molecule has 0 aliphatic carbocycles. The number of hydrogen-bond donors (Lipinski definition) is 0. The summed E-state index contributed by atoms with van der Waals surface area (Å²) in [6, 6.07) is 7.80. The zero-order valence-electron chi connectivity index (χ0n) is 14.2. The normalized spacial score (nSPS) is 17.7. The maximum absolute atomic E-state index is 12.9. The Morgan fingerprint density at radius 1 is 1.29 bits per heavy atom. The van der Waals surface area contributed by atoms with Gasteiger partial charge in [-0.1, -0.05) is 0 Å². The maximum atomic E-state index is 12.9. The Hall–Kier alpha value is -2.30. The topological polar surface area (TPSA) is 47.4 Å². The quantitative estimate of drug-likeness (QED) is 0.817. The molecule has 0 spiro atoms. The van der Waals surface area contributed by atoms with E-state index in [2.05, 4.69) is 14.5 Å². The third kappa shape index (κ3) is 3.96. The Balaban J connectivity index is 1.66. The van der Waals surface area contributed by atoms with Gasteiger partial charge in [-0.05, 0) is 56.9 Å². The zero-order valence-corrected chi connectivity index (χ0v) is 14.2. The molecule has 1 amide bonds. The molecule has 2 heterocycles. The van der Waals surface area contributed by atoms with Crippen LogP contribution < -0.4 is 4.74 Å². The fourth-order valence-corrected chi connectivity index (χ4v) is 3.31. The van der Waals surface area contributed by atoms with Gasteiger partial charge in [-0.15, -0.1) is 0 Å². The summed E-state index contributed by atoms with van der Waals surface area (Å²) >= 11 is 0. The molecule has 128 valence electrons. The summed E-state index contributed by atoms with van der Waals surface area (Å²) in [6.45, 7) is 4.34. The molecule has 1 atom stereocenters. The smallest absolute Gasteiger partial charge is 0.254 e. The van der Waals surface area contributed by atoms with Crippen LogP contribution in [0.15, 0.2) is 43.0 Å². The molecular formula is C19H25N3O2. The van der Waals surface area contributed by atoms with Crippen molar-refractivity contribution in [3.05, 3.63) is 48.5 Å². The Bertz CT molecular complexity index is 637. The molecule has 1 saturated heterocycles. The number of nitrogens with zero attached hydrogens (tertiary/aromatic N) is 3. The van der Waals surface area contributed by atoms with E-state index >= 15 is 0 Å². The maximum Gasteiger partial charge on any atom is 0.254 e. The number of piperidine rings is 1. The first-order chi connectivity index (χ1) is 11.8. The van der Waals surface area contributed by atoms with Crippen LogP contribution in [0.4, 0.5) is 0 Å². The summed E-state index contributed by atoms with van der Waals surface area (Å²) in [5, 5.41) is 0. The third-order valence-electron chi connectivity index (χ3n) is 4.58. The predicted octanol–water partition coefficient (Wildman–Crippen LogP) is 3.37. The number of amides is 1. The lowest BCUT2D eigenvalue weighted by Crippen LogP contribution is -2.44. The van der Waals surface area contributed by atoms with Crippen molar-refractivity contribution < 1.29 is 9.53 Å². The minimum Gasteiger partial charge on any atom is -0.494 e. The highest BCUT2D eigenvalue weighted by atomic mass is 16.5. The van der Waals surface area contributed by atoms with E-state index in [1.165, 1.54) is 6.42 Å². The van der Waals surface area contributed by atoms with E-state index in [1.54, 1.807) is 6.20 Å². The lowest BCUT2D eigenvalue weighted by molar-refractivity contribution is 0.0595. The number of hydrogen-bond acceptors (Lipinski definition) is 3. The molecule has 2 aromatic rings. The Kier molecular flexibility index (Phi) is 5.51. The van der Waals surface area contributed by atoms with E-state index in [0.717, 1.165) is 43.7 Å². The molecule has 0 radical (unpaired) electrons. The van der Waals surface area contributed by atoms with Crippen LogP contribution in [0.25, 0.3) is 0 Å². The van der Waals surface area contributed by atoms with Gasteiger partial charge in [-0.2, -0.15) is 0 Å². The predicted molar refractivity (Wildman–Crippen MR) is 93.1 cm³/mol. The Morgan fingerprint density at radius 3 is 2.83 bits per heavy atom. The van der Waals surface area contributed by atoms with Crippen molar-refractivity contribution in [2.75, 3.05) is 13.2 Å².